The van der Waals surface area contributed by atoms with Crippen LogP contribution in [0.1, 0.15) is 266 Å². The van der Waals surface area contributed by atoms with Crippen molar-refractivity contribution >= 4 is 98.1 Å². The Hall–Kier alpha value is -5.31. The summed E-state index contributed by atoms with van der Waals surface area (Å²) in [4.78, 5) is 23.8. The van der Waals surface area contributed by atoms with Crippen LogP contribution in [0, 0.1) is 101 Å². The maximum atomic E-state index is 13.2. The van der Waals surface area contributed by atoms with Gasteiger partial charge in [0.2, 0.25) is 11.6 Å². The van der Waals surface area contributed by atoms with Crippen molar-refractivity contribution < 1.29 is 74.7 Å². The lowest BCUT2D eigenvalue weighted by Gasteiger charge is -2.31. The third-order valence-electron chi connectivity index (χ3n) is 16.8. The topological polar surface area (TPSA) is 76.1 Å². The maximum absolute atomic E-state index is 13.2. The Bertz CT molecular complexity index is 4110. The predicted molar refractivity (Wildman–Crippen MR) is 500 cm³/mol. The fraction of sp³-hybridized carbons (Fsp3) is 0.604. The second kappa shape index (κ2) is 63.6. The number of hydrogen-bond donors (Lipinski definition) is 0. The fourth-order valence-electron chi connectivity index (χ4n) is 9.84. The Labute approximate surface area is 767 Å². The first-order valence-corrected chi connectivity index (χ1v) is 46.5. The average molecular weight is 2010 g/mol. The van der Waals surface area contributed by atoms with Crippen LogP contribution in [0.25, 0.3) is 9.69 Å². The Balaban J connectivity index is -0.000000418. The zero-order valence-electron chi connectivity index (χ0n) is 78.1. The molecule has 0 N–H and O–H groups in total. The molecule has 702 valence electrons. The van der Waals surface area contributed by atoms with Crippen LogP contribution in [0.3, 0.4) is 0 Å². The van der Waals surface area contributed by atoms with E-state index in [1.807, 2.05) is 69.0 Å². The molecule has 7 nitrogen and oxygen atoms in total. The highest BCUT2D eigenvalue weighted by molar-refractivity contribution is 9.11. The lowest BCUT2D eigenvalue weighted by molar-refractivity contribution is -0.141. The summed E-state index contributed by atoms with van der Waals surface area (Å²) in [6.07, 6.45) is -6.20. The minimum Gasteiger partial charge on any atom is -0.338 e. The first-order chi connectivity index (χ1) is 55.8. The third kappa shape index (κ3) is 67.6. The zero-order valence-corrected chi connectivity index (χ0v) is 85.2. The molecule has 0 saturated carbocycles. The molecule has 0 aliphatic heterocycles. The summed E-state index contributed by atoms with van der Waals surface area (Å²) in [5, 5.41) is 1.23. The number of alkyl halides is 10. The van der Waals surface area contributed by atoms with Gasteiger partial charge in [0.25, 0.3) is 0 Å². The highest BCUT2D eigenvalue weighted by Gasteiger charge is 2.41. The van der Waals surface area contributed by atoms with E-state index in [2.05, 4.69) is 200 Å². The molecule has 0 bridgehead atoms. The van der Waals surface area contributed by atoms with Gasteiger partial charge in [0.05, 0.1) is 27.9 Å². The van der Waals surface area contributed by atoms with Crippen molar-refractivity contribution in [2.24, 2.45) is 64.6 Å². The van der Waals surface area contributed by atoms with Gasteiger partial charge in [0.1, 0.15) is 38.8 Å². The zero-order chi connectivity index (χ0) is 97.3. The molecule has 0 radical (unpaired) electrons. The fourth-order valence-corrected chi connectivity index (χ4v) is 11.2. The summed E-state index contributed by atoms with van der Waals surface area (Å²) in [5.41, 5.74) is 5.66. The summed E-state index contributed by atoms with van der Waals surface area (Å²) < 4.78 is 193. The Kier molecular flexibility index (Phi) is 65.3. The normalized spacial score (nSPS) is 11.4. The number of aromatic nitrogens is 1. The third-order valence-corrected chi connectivity index (χ3v) is 21.0. The molecule has 0 atom stereocenters. The smallest absolute Gasteiger partial charge is 0.338 e. The molecule has 123 heavy (non-hydrogen) atoms. The SMILES string of the molecule is CC(C)C(C)(C)C.CC(C)CC(=O)N(C(C)C)C(C)C.CC(C)CC(F)(F)C(F)F.CC(C)CCC(F)(F)F.CC(C)Cc1cc(F)c(Br)cc1F.CC(C)Cc1ccc(Br)c(Cl)c1.CC(C)Cc1ccc(Br)cc1F.CC(C)Cc1cccc(C(F)(F)F)n1.CC(C)S(C)(=O)=O.[C-]#[N+]c1cc(CC(C)C)ccc1F.[C-]#[N+]c1cc(Cl)cc(CC(C)C)c1. The second-order valence-corrected chi connectivity index (χ2v) is 42.0. The van der Waals surface area contributed by atoms with Crippen molar-refractivity contribution in [1.29, 1.82) is 0 Å². The van der Waals surface area contributed by atoms with Crippen LogP contribution in [0.4, 0.5) is 72.8 Å². The summed E-state index contributed by atoms with van der Waals surface area (Å²) in [6.45, 7) is 72.1. The van der Waals surface area contributed by atoms with E-state index in [0.29, 0.717) is 100 Å². The number of sulfone groups is 1. The van der Waals surface area contributed by atoms with Crippen molar-refractivity contribution in [3.8, 4) is 0 Å². The molecule has 6 aromatic rings. The number of halogens is 19. The van der Waals surface area contributed by atoms with Gasteiger partial charge in [0.15, 0.2) is 5.69 Å². The summed E-state index contributed by atoms with van der Waals surface area (Å²) in [5.74, 6) is -0.881. The molecule has 6 rings (SSSR count). The average Bonchev–Trinajstić information content (AvgIpc) is 0.857. The van der Waals surface area contributed by atoms with Crippen molar-refractivity contribution in [2.75, 3.05) is 6.26 Å². The van der Waals surface area contributed by atoms with E-state index in [1.54, 1.807) is 52.0 Å². The van der Waals surface area contributed by atoms with Crippen LogP contribution in [0.15, 0.2) is 117 Å². The Morgan fingerprint density at radius 1 is 0.488 bits per heavy atom. The van der Waals surface area contributed by atoms with E-state index in [1.165, 1.54) is 56.0 Å². The molecule has 0 aliphatic rings. The summed E-state index contributed by atoms with van der Waals surface area (Å²) >= 11 is 21.3. The van der Waals surface area contributed by atoms with Crippen molar-refractivity contribution in [1.82, 2.24) is 9.88 Å². The first kappa shape index (κ1) is 126. The van der Waals surface area contributed by atoms with Crippen LogP contribution in [0.5, 0.6) is 0 Å². The van der Waals surface area contributed by atoms with Gasteiger partial charge in [-0.15, -0.1) is 0 Å². The molecule has 27 heteroatoms. The van der Waals surface area contributed by atoms with Gasteiger partial charge < -0.3 is 4.90 Å². The van der Waals surface area contributed by atoms with Crippen LogP contribution in [-0.4, -0.2) is 66.3 Å². The number of hydrogen-bond acceptors (Lipinski definition) is 4. The molecule has 0 spiro atoms. The first-order valence-electron chi connectivity index (χ1n) is 41.5. The van der Waals surface area contributed by atoms with Gasteiger partial charge in [-0.2, -0.15) is 26.3 Å². The quantitative estimate of drug-likeness (QED) is 0.0386. The molecule has 1 amide bonds. The van der Waals surface area contributed by atoms with Crippen LogP contribution in [-0.2, 0) is 59.3 Å². The van der Waals surface area contributed by atoms with Crippen molar-refractivity contribution in [3.63, 3.8) is 0 Å². The minimum absolute atomic E-state index is 0.113. The summed E-state index contributed by atoms with van der Waals surface area (Å²) in [6, 6.07) is 28.7. The minimum atomic E-state index is -4.34. The number of carbonyl (C=O) groups is 1. The van der Waals surface area contributed by atoms with Gasteiger partial charge in [-0.3, -0.25) is 4.79 Å². The lowest BCUT2D eigenvalue weighted by atomic mass is 9.84. The number of pyridine rings is 1. The number of nitrogens with zero attached hydrogens (tertiary/aromatic N) is 4. The van der Waals surface area contributed by atoms with Gasteiger partial charge in [-0.05, 0) is 266 Å². The van der Waals surface area contributed by atoms with E-state index in [9.17, 15) is 74.7 Å². The number of rotatable bonds is 22. The molecule has 0 aliphatic carbocycles. The van der Waals surface area contributed by atoms with E-state index in [-0.39, 0.29) is 45.3 Å². The molecule has 0 saturated heterocycles. The molecular weight excluding hydrogens is 1870 g/mol. The van der Waals surface area contributed by atoms with Crippen molar-refractivity contribution in [2.45, 2.75) is 307 Å². The maximum Gasteiger partial charge on any atom is 0.433 e. The van der Waals surface area contributed by atoms with E-state index in [0.717, 1.165) is 68.3 Å². The van der Waals surface area contributed by atoms with Crippen LogP contribution >= 0.6 is 71.0 Å². The van der Waals surface area contributed by atoms with Crippen LogP contribution in [0.2, 0.25) is 10.0 Å². The van der Waals surface area contributed by atoms with Gasteiger partial charge in [-0.1, -0.05) is 246 Å². The predicted octanol–water partition coefficient (Wildman–Crippen LogP) is 34.7. The molecule has 0 fully saturated rings. The van der Waals surface area contributed by atoms with Gasteiger partial charge >= 0.3 is 24.7 Å². The second-order valence-electron chi connectivity index (χ2n) is 36.0. The summed E-state index contributed by atoms with van der Waals surface area (Å²) in [7, 11) is -2.74. The van der Waals surface area contributed by atoms with Crippen molar-refractivity contribution in [3.05, 3.63) is 212 Å². The number of carbonyl (C=O) groups excluding carboxylic acids is 1. The molecule has 1 heterocycles. The number of amides is 1. The van der Waals surface area contributed by atoms with Crippen LogP contribution < -0.4 is 0 Å². The van der Waals surface area contributed by atoms with E-state index < -0.39 is 70.6 Å². The molecule has 5 aromatic carbocycles. The lowest BCUT2D eigenvalue weighted by Crippen LogP contribution is -2.42. The van der Waals surface area contributed by atoms with E-state index >= 15 is 0 Å². The number of benzene rings is 5. The van der Waals surface area contributed by atoms with E-state index in [4.69, 9.17) is 36.3 Å². The Morgan fingerprint density at radius 3 is 1.29 bits per heavy atom. The molecule has 1 aromatic heterocycles. The largest absolute Gasteiger partial charge is 0.433 e. The highest BCUT2D eigenvalue weighted by Crippen LogP contribution is 2.33. The highest BCUT2D eigenvalue weighted by atomic mass is 79.9. The standard InChI is InChI=1S/C11H12ClN.C11H12FN.C11H23NO.C10H12BrCl.C10H11BrF2.C10H12BrF.C10H12F3N.C7H16.C6H10F4.C6H11F3.C4H10O2S/c1-8(2)4-9-5-10(12)7-11(6-9)13-3;1-8(2)6-9-4-5-10(12)11(7-9)13-3;1-8(2)7-11(13)12(9(3)4)10(5)6;1-7(2)5-8-3-4-9(11)10(12)6-8;1-6(2)3-7-4-10(13)8(11)5-9(7)12;1-7(2)5-8-3-4-9(11)6-10(8)12;1-7(2)6-8-4-3-5-9(14-8)10(11,12)13;1-6(2)7(3,4)5;1-4(2)3-6(9,10)5(7)8;1-5(2)3-4-6(7,8)9;1-4(2)7(3,5)6/h5-8H,4H2,1-2H3;4-5,7-8H,6H2,1-2H3;8-10H,7H2,1-6H3;3-4,6-7H,5H2,1-2H3;4-6H,3H2,1-2H3;3-4,6-7H,5H2,1-2H3;3-5,7H,6H2,1-2H3;6H,1-5H3;4-5H,3H2,1-2H3;5H,3-4H2,1-2H3;4H,1-3H3. The van der Waals surface area contributed by atoms with Gasteiger partial charge in [0, 0.05) is 57.3 Å². The van der Waals surface area contributed by atoms with Gasteiger partial charge in [-0.25, -0.2) is 58.2 Å². The Morgan fingerprint density at radius 2 is 0.935 bits per heavy atom. The molecular formula is C96H141Br3Cl2F14N4O3S. The monoisotopic (exact) mass is 2000 g/mol. The molecule has 0 unspecified atom stereocenters.